The number of nitrogens with one attached hydrogen (secondary N) is 1. The maximum absolute atomic E-state index is 12.5. The molecule has 1 aliphatic carbocycles. The van der Waals surface area contributed by atoms with Crippen molar-refractivity contribution in [2.45, 2.75) is 43.6 Å². The van der Waals surface area contributed by atoms with E-state index in [4.69, 9.17) is 10.5 Å². The number of sulfonamides is 1. The number of anilines is 1. The van der Waals surface area contributed by atoms with Crippen molar-refractivity contribution in [3.8, 4) is 0 Å². The minimum atomic E-state index is -3.57. The summed E-state index contributed by atoms with van der Waals surface area (Å²) in [7, 11) is -1.94. The molecule has 1 aromatic rings. The van der Waals surface area contributed by atoms with Crippen LogP contribution in [-0.2, 0) is 14.8 Å². The number of ether oxygens (including phenoxy) is 1. The summed E-state index contributed by atoms with van der Waals surface area (Å²) in [6, 6.07) is 3.46. The van der Waals surface area contributed by atoms with Crippen LogP contribution in [0.1, 0.15) is 30.4 Å². The average Bonchev–Trinajstić information content (AvgIpc) is 2.33. The van der Waals surface area contributed by atoms with Crippen LogP contribution in [-0.4, -0.2) is 27.7 Å². The van der Waals surface area contributed by atoms with Crippen molar-refractivity contribution < 1.29 is 13.2 Å². The summed E-state index contributed by atoms with van der Waals surface area (Å²) in [4.78, 5) is 0.281. The Hall–Kier alpha value is -1.11. The third-order valence-corrected chi connectivity index (χ3v) is 5.89. The average molecular weight is 298 g/mol. The van der Waals surface area contributed by atoms with Gasteiger partial charge in [0.2, 0.25) is 10.0 Å². The van der Waals surface area contributed by atoms with Gasteiger partial charge in [0, 0.05) is 19.3 Å². The van der Waals surface area contributed by atoms with E-state index in [1.54, 1.807) is 33.1 Å². The van der Waals surface area contributed by atoms with Gasteiger partial charge >= 0.3 is 0 Å². The molecule has 2 rings (SSSR count). The van der Waals surface area contributed by atoms with Crippen LogP contribution >= 0.6 is 0 Å². The first-order valence-corrected chi connectivity index (χ1v) is 8.20. The van der Waals surface area contributed by atoms with Crippen molar-refractivity contribution in [3.63, 3.8) is 0 Å². The first-order chi connectivity index (χ1) is 9.31. The molecule has 5 nitrogen and oxygen atoms in total. The van der Waals surface area contributed by atoms with Gasteiger partial charge in [-0.15, -0.1) is 0 Å². The maximum Gasteiger partial charge on any atom is 0.241 e. The predicted octanol–water partition coefficient (Wildman–Crippen LogP) is 1.73. The summed E-state index contributed by atoms with van der Waals surface area (Å²) in [5.41, 5.74) is 7.26. The highest BCUT2D eigenvalue weighted by Crippen LogP contribution is 2.35. The molecule has 0 aliphatic heterocycles. The zero-order valence-electron chi connectivity index (χ0n) is 12.2. The quantitative estimate of drug-likeness (QED) is 0.811. The largest absolute Gasteiger partial charge is 0.398 e. The Kier molecular flexibility index (Phi) is 4.09. The highest BCUT2D eigenvalue weighted by molar-refractivity contribution is 7.89. The molecule has 0 atom stereocenters. The van der Waals surface area contributed by atoms with Gasteiger partial charge in [0.1, 0.15) is 0 Å². The lowest BCUT2D eigenvalue weighted by molar-refractivity contribution is -0.0659. The van der Waals surface area contributed by atoms with E-state index in [9.17, 15) is 8.42 Å². The van der Waals surface area contributed by atoms with Crippen LogP contribution < -0.4 is 10.5 Å². The minimum Gasteiger partial charge on any atom is -0.398 e. The molecule has 0 bridgehead atoms. The number of hydrogen-bond donors (Lipinski definition) is 2. The van der Waals surface area contributed by atoms with Crippen molar-refractivity contribution in [3.05, 3.63) is 23.3 Å². The first kappa shape index (κ1) is 15.3. The lowest BCUT2D eigenvalue weighted by Gasteiger charge is -2.40. The van der Waals surface area contributed by atoms with Gasteiger partial charge in [-0.25, -0.2) is 13.1 Å². The molecule has 0 spiro atoms. The third-order valence-electron chi connectivity index (χ3n) is 4.20. The van der Waals surface area contributed by atoms with Crippen LogP contribution in [0.5, 0.6) is 0 Å². The number of nitrogens with two attached hydrogens (primary N) is 1. The lowest BCUT2D eigenvalue weighted by atomic mass is 9.80. The maximum atomic E-state index is 12.5. The molecule has 3 N–H and O–H groups in total. The Balaban J connectivity index is 2.25. The van der Waals surface area contributed by atoms with Crippen LogP contribution in [0.25, 0.3) is 0 Å². The number of benzene rings is 1. The molecule has 0 saturated heterocycles. The van der Waals surface area contributed by atoms with E-state index in [1.807, 2.05) is 0 Å². The Labute approximate surface area is 120 Å². The zero-order valence-corrected chi connectivity index (χ0v) is 13.0. The van der Waals surface area contributed by atoms with Crippen molar-refractivity contribution in [2.24, 2.45) is 0 Å². The molecule has 1 aromatic carbocycles. The van der Waals surface area contributed by atoms with Gasteiger partial charge in [-0.05, 0) is 50.3 Å². The van der Waals surface area contributed by atoms with Crippen molar-refractivity contribution in [1.82, 2.24) is 4.72 Å². The van der Waals surface area contributed by atoms with Crippen LogP contribution in [0.3, 0.4) is 0 Å². The molecule has 1 saturated carbocycles. The molecule has 0 amide bonds. The topological polar surface area (TPSA) is 81.4 Å². The SMILES string of the molecule is COC1(CNS(=O)(=O)c2c(C)ccc(N)c2C)CCC1. The fourth-order valence-electron chi connectivity index (χ4n) is 2.58. The van der Waals surface area contributed by atoms with Gasteiger partial charge in [-0.2, -0.15) is 0 Å². The number of aryl methyl sites for hydroxylation is 1. The molecule has 1 aliphatic rings. The Morgan fingerprint density at radius 3 is 2.50 bits per heavy atom. The van der Waals surface area contributed by atoms with E-state index >= 15 is 0 Å². The standard InChI is InChI=1S/C14H22N2O3S/c1-10-5-6-12(15)11(2)13(10)20(17,18)16-9-14(19-3)7-4-8-14/h5-6,16H,4,7-9,15H2,1-3H3. The first-order valence-electron chi connectivity index (χ1n) is 6.72. The van der Waals surface area contributed by atoms with E-state index in [0.29, 0.717) is 23.4 Å². The molecule has 6 heteroatoms. The third kappa shape index (κ3) is 2.68. The van der Waals surface area contributed by atoms with Crippen molar-refractivity contribution in [1.29, 1.82) is 0 Å². The lowest BCUT2D eigenvalue weighted by Crippen LogP contribution is -2.49. The van der Waals surface area contributed by atoms with Gasteiger partial charge in [-0.3, -0.25) is 0 Å². The van der Waals surface area contributed by atoms with Gasteiger partial charge in [0.25, 0.3) is 0 Å². The van der Waals surface area contributed by atoms with Crippen molar-refractivity contribution in [2.75, 3.05) is 19.4 Å². The summed E-state index contributed by atoms with van der Waals surface area (Å²) < 4.78 is 33.1. The molecule has 0 aromatic heterocycles. The van der Waals surface area contributed by atoms with E-state index in [2.05, 4.69) is 4.72 Å². The van der Waals surface area contributed by atoms with Gasteiger partial charge in [-0.1, -0.05) is 6.07 Å². The number of methoxy groups -OCH3 is 1. The van der Waals surface area contributed by atoms with Gasteiger partial charge < -0.3 is 10.5 Å². The second-order valence-electron chi connectivity index (χ2n) is 5.49. The van der Waals surface area contributed by atoms with Gasteiger partial charge in [0.05, 0.1) is 10.5 Å². The van der Waals surface area contributed by atoms with Crippen LogP contribution in [0.4, 0.5) is 5.69 Å². The minimum absolute atomic E-state index is 0.281. The summed E-state index contributed by atoms with van der Waals surface area (Å²) in [5, 5.41) is 0. The summed E-state index contributed by atoms with van der Waals surface area (Å²) in [6.07, 6.45) is 2.85. The molecular formula is C14H22N2O3S. The van der Waals surface area contributed by atoms with Crippen LogP contribution in [0.15, 0.2) is 17.0 Å². The summed E-state index contributed by atoms with van der Waals surface area (Å²) >= 11 is 0. The number of nitrogen functional groups attached to an aromatic ring is 1. The molecule has 112 valence electrons. The Morgan fingerprint density at radius 1 is 1.35 bits per heavy atom. The summed E-state index contributed by atoms with van der Waals surface area (Å²) in [6.45, 7) is 3.81. The molecule has 0 radical (unpaired) electrons. The zero-order chi connectivity index (χ0) is 15.0. The van der Waals surface area contributed by atoms with Crippen LogP contribution in [0.2, 0.25) is 0 Å². The molecule has 20 heavy (non-hydrogen) atoms. The summed E-state index contributed by atoms with van der Waals surface area (Å²) in [5.74, 6) is 0. The van der Waals surface area contributed by atoms with E-state index in [-0.39, 0.29) is 10.5 Å². The van der Waals surface area contributed by atoms with Crippen LogP contribution in [0, 0.1) is 13.8 Å². The van der Waals surface area contributed by atoms with Gasteiger partial charge in [0.15, 0.2) is 0 Å². The predicted molar refractivity (Wildman–Crippen MR) is 79.1 cm³/mol. The number of hydrogen-bond acceptors (Lipinski definition) is 4. The normalized spacial score (nSPS) is 17.8. The fourth-order valence-corrected chi connectivity index (χ4v) is 4.19. The Morgan fingerprint density at radius 2 is 2.00 bits per heavy atom. The molecule has 1 fully saturated rings. The monoisotopic (exact) mass is 298 g/mol. The second-order valence-corrected chi connectivity index (χ2v) is 7.19. The highest BCUT2D eigenvalue weighted by atomic mass is 32.2. The molecule has 0 unspecified atom stereocenters. The fraction of sp³-hybridized carbons (Fsp3) is 0.571. The molecule has 0 heterocycles. The van der Waals surface area contributed by atoms with E-state index in [1.165, 1.54) is 0 Å². The second kappa shape index (κ2) is 5.35. The smallest absolute Gasteiger partial charge is 0.241 e. The molecular weight excluding hydrogens is 276 g/mol. The van der Waals surface area contributed by atoms with E-state index in [0.717, 1.165) is 19.3 Å². The highest BCUT2D eigenvalue weighted by Gasteiger charge is 2.38. The Bertz CT molecular complexity index is 602. The van der Waals surface area contributed by atoms with E-state index < -0.39 is 10.0 Å². The number of rotatable bonds is 5. The van der Waals surface area contributed by atoms with Crippen molar-refractivity contribution >= 4 is 15.7 Å².